The van der Waals surface area contributed by atoms with Gasteiger partial charge in [0.25, 0.3) is 0 Å². The van der Waals surface area contributed by atoms with Crippen molar-refractivity contribution in [1.29, 1.82) is 0 Å². The summed E-state index contributed by atoms with van der Waals surface area (Å²) in [7, 11) is 0. The summed E-state index contributed by atoms with van der Waals surface area (Å²) in [6, 6.07) is 12.3. The van der Waals surface area contributed by atoms with Gasteiger partial charge in [-0.25, -0.2) is 0 Å². The minimum atomic E-state index is 0.0272. The third kappa shape index (κ3) is 3.19. The Labute approximate surface area is 114 Å². The molecule has 0 spiro atoms. The molecule has 3 heteroatoms. The summed E-state index contributed by atoms with van der Waals surface area (Å²) in [4.78, 5) is 3.99. The molecule has 1 atom stereocenters. The molecule has 1 heterocycles. The van der Waals surface area contributed by atoms with Crippen molar-refractivity contribution in [2.24, 2.45) is 0 Å². The van der Waals surface area contributed by atoms with Crippen molar-refractivity contribution in [1.82, 2.24) is 4.98 Å². The van der Waals surface area contributed by atoms with Gasteiger partial charge in [-0.05, 0) is 64.4 Å². The number of hydrogen-bond donors (Lipinski definition) is 0. The van der Waals surface area contributed by atoms with Crippen LogP contribution in [0.1, 0.15) is 16.5 Å². The highest BCUT2D eigenvalue weighted by molar-refractivity contribution is 14.1. The van der Waals surface area contributed by atoms with E-state index in [1.54, 1.807) is 12.4 Å². The summed E-state index contributed by atoms with van der Waals surface area (Å²) in [6.45, 7) is 0. The maximum atomic E-state index is 6.37. The molecule has 2 aromatic rings. The van der Waals surface area contributed by atoms with Gasteiger partial charge in [0, 0.05) is 16.0 Å². The molecule has 0 saturated heterocycles. The average Bonchev–Trinajstić information content (AvgIpc) is 2.31. The first-order chi connectivity index (χ1) is 7.75. The lowest BCUT2D eigenvalue weighted by atomic mass is 10.1. The second-order valence-electron chi connectivity index (χ2n) is 3.58. The van der Waals surface area contributed by atoms with E-state index in [9.17, 15) is 0 Å². The molecule has 1 aromatic carbocycles. The SMILES string of the molecule is ClC(Cc1ccncc1)c1ccc(I)cc1. The van der Waals surface area contributed by atoms with Crippen molar-refractivity contribution in [2.75, 3.05) is 0 Å². The number of nitrogens with zero attached hydrogens (tertiary/aromatic N) is 1. The van der Waals surface area contributed by atoms with Crippen molar-refractivity contribution in [2.45, 2.75) is 11.8 Å². The van der Waals surface area contributed by atoms with Crippen LogP contribution >= 0.6 is 34.2 Å². The van der Waals surface area contributed by atoms with Crippen LogP contribution in [-0.4, -0.2) is 4.98 Å². The molecular weight excluding hydrogens is 333 g/mol. The molecule has 16 heavy (non-hydrogen) atoms. The summed E-state index contributed by atoms with van der Waals surface area (Å²) in [5.74, 6) is 0. The fourth-order valence-corrected chi connectivity index (χ4v) is 2.20. The normalized spacial score (nSPS) is 12.4. The van der Waals surface area contributed by atoms with E-state index in [1.807, 2.05) is 12.1 Å². The Morgan fingerprint density at radius 2 is 1.69 bits per heavy atom. The molecule has 0 N–H and O–H groups in total. The average molecular weight is 344 g/mol. The van der Waals surface area contributed by atoms with E-state index >= 15 is 0 Å². The van der Waals surface area contributed by atoms with Crippen molar-refractivity contribution in [3.05, 3.63) is 63.5 Å². The molecule has 0 fully saturated rings. The Morgan fingerprint density at radius 1 is 1.06 bits per heavy atom. The first-order valence-electron chi connectivity index (χ1n) is 5.04. The molecular formula is C13H11ClIN. The smallest absolute Gasteiger partial charge is 0.0625 e. The molecule has 0 aliphatic carbocycles. The van der Waals surface area contributed by atoms with E-state index in [4.69, 9.17) is 11.6 Å². The predicted octanol–water partition coefficient (Wildman–Crippen LogP) is 4.21. The number of benzene rings is 1. The van der Waals surface area contributed by atoms with Gasteiger partial charge in [0.2, 0.25) is 0 Å². The highest BCUT2D eigenvalue weighted by atomic mass is 127. The fourth-order valence-electron chi connectivity index (χ4n) is 1.52. The second-order valence-corrected chi connectivity index (χ2v) is 5.35. The molecule has 1 nitrogen and oxygen atoms in total. The monoisotopic (exact) mass is 343 g/mol. The third-order valence-electron chi connectivity index (χ3n) is 2.40. The zero-order valence-corrected chi connectivity index (χ0v) is 11.5. The van der Waals surface area contributed by atoms with Crippen LogP contribution in [0.2, 0.25) is 0 Å². The van der Waals surface area contributed by atoms with Gasteiger partial charge in [-0.1, -0.05) is 12.1 Å². The summed E-state index contributed by atoms with van der Waals surface area (Å²) in [5, 5.41) is 0.0272. The van der Waals surface area contributed by atoms with Gasteiger partial charge in [-0.3, -0.25) is 4.98 Å². The number of alkyl halides is 1. The quantitative estimate of drug-likeness (QED) is 0.601. The molecule has 0 radical (unpaired) electrons. The number of pyridine rings is 1. The van der Waals surface area contributed by atoms with E-state index in [0.717, 1.165) is 6.42 Å². The summed E-state index contributed by atoms with van der Waals surface area (Å²) < 4.78 is 1.23. The Morgan fingerprint density at radius 3 is 2.31 bits per heavy atom. The van der Waals surface area contributed by atoms with Crippen molar-refractivity contribution in [3.63, 3.8) is 0 Å². The Bertz CT molecular complexity index is 441. The van der Waals surface area contributed by atoms with E-state index in [2.05, 4.69) is 51.8 Å². The van der Waals surface area contributed by atoms with Crippen molar-refractivity contribution >= 4 is 34.2 Å². The van der Waals surface area contributed by atoms with Crippen LogP contribution in [0.15, 0.2) is 48.8 Å². The van der Waals surface area contributed by atoms with E-state index in [0.29, 0.717) is 0 Å². The van der Waals surface area contributed by atoms with Gasteiger partial charge in [0.15, 0.2) is 0 Å². The molecule has 1 aromatic heterocycles. The van der Waals surface area contributed by atoms with Crippen molar-refractivity contribution in [3.8, 4) is 0 Å². The lowest BCUT2D eigenvalue weighted by Gasteiger charge is -2.09. The zero-order chi connectivity index (χ0) is 11.4. The third-order valence-corrected chi connectivity index (χ3v) is 3.52. The van der Waals surface area contributed by atoms with Gasteiger partial charge in [-0.2, -0.15) is 0 Å². The van der Waals surface area contributed by atoms with Crippen LogP contribution in [-0.2, 0) is 6.42 Å². The second kappa shape index (κ2) is 5.64. The molecule has 0 aliphatic heterocycles. The molecule has 82 valence electrons. The van der Waals surface area contributed by atoms with Gasteiger partial charge >= 0.3 is 0 Å². The topological polar surface area (TPSA) is 12.9 Å². The highest BCUT2D eigenvalue weighted by Crippen LogP contribution is 2.25. The lowest BCUT2D eigenvalue weighted by molar-refractivity contribution is 0.916. The minimum Gasteiger partial charge on any atom is -0.265 e. The molecule has 0 saturated carbocycles. The molecule has 0 bridgehead atoms. The molecule has 2 rings (SSSR count). The fraction of sp³-hybridized carbons (Fsp3) is 0.154. The minimum absolute atomic E-state index is 0.0272. The number of hydrogen-bond acceptors (Lipinski definition) is 1. The maximum absolute atomic E-state index is 6.37. The molecule has 1 unspecified atom stereocenters. The molecule has 0 amide bonds. The van der Waals surface area contributed by atoms with Crippen LogP contribution in [0.5, 0.6) is 0 Å². The lowest BCUT2D eigenvalue weighted by Crippen LogP contribution is -1.95. The first-order valence-corrected chi connectivity index (χ1v) is 6.55. The van der Waals surface area contributed by atoms with Crippen LogP contribution in [0.4, 0.5) is 0 Å². The van der Waals surface area contributed by atoms with Gasteiger partial charge < -0.3 is 0 Å². The number of halogens is 2. The highest BCUT2D eigenvalue weighted by Gasteiger charge is 2.08. The van der Waals surface area contributed by atoms with E-state index in [-0.39, 0.29) is 5.38 Å². The van der Waals surface area contributed by atoms with Crippen molar-refractivity contribution < 1.29 is 0 Å². The first kappa shape index (κ1) is 11.9. The summed E-state index contributed by atoms with van der Waals surface area (Å²) in [6.07, 6.45) is 4.43. The number of rotatable bonds is 3. The summed E-state index contributed by atoms with van der Waals surface area (Å²) >= 11 is 8.66. The Hall–Kier alpha value is -0.610. The van der Waals surface area contributed by atoms with Crippen LogP contribution in [0.3, 0.4) is 0 Å². The van der Waals surface area contributed by atoms with Gasteiger partial charge in [-0.15, -0.1) is 11.6 Å². The largest absolute Gasteiger partial charge is 0.265 e. The Kier molecular flexibility index (Phi) is 4.18. The standard InChI is InChI=1S/C13H11ClIN/c14-13(9-10-5-7-16-8-6-10)11-1-3-12(15)4-2-11/h1-8,13H,9H2. The summed E-state index contributed by atoms with van der Waals surface area (Å²) in [5.41, 5.74) is 2.38. The van der Waals surface area contributed by atoms with Gasteiger partial charge in [0.1, 0.15) is 0 Å². The van der Waals surface area contributed by atoms with Crippen LogP contribution < -0.4 is 0 Å². The van der Waals surface area contributed by atoms with Crippen LogP contribution in [0, 0.1) is 3.57 Å². The van der Waals surface area contributed by atoms with E-state index in [1.165, 1.54) is 14.7 Å². The predicted molar refractivity (Wildman–Crippen MR) is 75.7 cm³/mol. The zero-order valence-electron chi connectivity index (χ0n) is 8.61. The van der Waals surface area contributed by atoms with Crippen LogP contribution in [0.25, 0.3) is 0 Å². The molecule has 0 aliphatic rings. The maximum Gasteiger partial charge on any atom is 0.0625 e. The van der Waals surface area contributed by atoms with Gasteiger partial charge in [0.05, 0.1) is 5.38 Å². The Balaban J connectivity index is 2.09. The number of aromatic nitrogens is 1. The van der Waals surface area contributed by atoms with E-state index < -0.39 is 0 Å².